The van der Waals surface area contributed by atoms with Crippen LogP contribution in [0.3, 0.4) is 0 Å². The lowest BCUT2D eigenvalue weighted by Crippen LogP contribution is -2.49. The van der Waals surface area contributed by atoms with Gasteiger partial charge in [-0.25, -0.2) is 0 Å². The van der Waals surface area contributed by atoms with Crippen molar-refractivity contribution >= 4 is 0 Å². The molecule has 0 aliphatic carbocycles. The SMILES string of the molecule is OCCCCN1C2CCC1CC(NCc1ccccc1)C2. The number of aliphatic hydroxyl groups excluding tert-OH is 1. The Hall–Kier alpha value is -0.900. The Kier molecular flexibility index (Phi) is 5.28. The highest BCUT2D eigenvalue weighted by Crippen LogP contribution is 2.35. The van der Waals surface area contributed by atoms with Gasteiger partial charge in [-0.05, 0) is 50.6 Å². The number of nitrogens with zero attached hydrogens (tertiary/aromatic N) is 1. The first-order valence-corrected chi connectivity index (χ1v) is 8.50. The number of hydrogen-bond acceptors (Lipinski definition) is 3. The maximum Gasteiger partial charge on any atom is 0.0431 e. The third kappa shape index (κ3) is 3.85. The summed E-state index contributed by atoms with van der Waals surface area (Å²) in [6.07, 6.45) is 7.42. The van der Waals surface area contributed by atoms with Gasteiger partial charge in [0.1, 0.15) is 0 Å². The van der Waals surface area contributed by atoms with Crippen LogP contribution >= 0.6 is 0 Å². The van der Waals surface area contributed by atoms with Crippen LogP contribution < -0.4 is 5.32 Å². The van der Waals surface area contributed by atoms with Gasteiger partial charge in [0.2, 0.25) is 0 Å². The standard InChI is InChI=1S/C18H28N2O/c21-11-5-4-10-20-17-8-9-18(20)13-16(12-17)19-14-15-6-2-1-3-7-15/h1-3,6-7,16-19,21H,4-5,8-14H2. The molecule has 2 fully saturated rings. The van der Waals surface area contributed by atoms with Crippen molar-refractivity contribution in [2.45, 2.75) is 63.2 Å². The van der Waals surface area contributed by atoms with E-state index in [1.54, 1.807) is 0 Å². The van der Waals surface area contributed by atoms with Crippen molar-refractivity contribution in [3.63, 3.8) is 0 Å². The zero-order valence-electron chi connectivity index (χ0n) is 12.9. The number of fused-ring (bicyclic) bond motifs is 2. The molecule has 2 N–H and O–H groups in total. The summed E-state index contributed by atoms with van der Waals surface area (Å²) in [4.78, 5) is 2.72. The predicted octanol–water partition coefficient (Wildman–Crippen LogP) is 2.54. The topological polar surface area (TPSA) is 35.5 Å². The molecule has 0 amide bonds. The second-order valence-electron chi connectivity index (χ2n) is 6.59. The van der Waals surface area contributed by atoms with Crippen LogP contribution in [-0.2, 0) is 6.54 Å². The number of unbranched alkanes of at least 4 members (excludes halogenated alkanes) is 1. The van der Waals surface area contributed by atoms with Gasteiger partial charge in [0.05, 0.1) is 0 Å². The Balaban J connectivity index is 1.47. The summed E-state index contributed by atoms with van der Waals surface area (Å²) in [5.41, 5.74) is 1.38. The average molecular weight is 288 g/mol. The monoisotopic (exact) mass is 288 g/mol. The third-order valence-electron chi connectivity index (χ3n) is 5.15. The highest BCUT2D eigenvalue weighted by Gasteiger charge is 2.39. The van der Waals surface area contributed by atoms with Crippen molar-refractivity contribution in [3.8, 4) is 0 Å². The van der Waals surface area contributed by atoms with E-state index in [2.05, 4.69) is 40.5 Å². The lowest BCUT2D eigenvalue weighted by atomic mass is 9.96. The highest BCUT2D eigenvalue weighted by atomic mass is 16.2. The molecule has 3 heteroatoms. The van der Waals surface area contributed by atoms with Gasteiger partial charge in [-0.15, -0.1) is 0 Å². The fourth-order valence-electron chi connectivity index (χ4n) is 4.07. The first kappa shape index (κ1) is 15.0. The van der Waals surface area contributed by atoms with E-state index in [1.165, 1.54) is 37.8 Å². The lowest BCUT2D eigenvalue weighted by molar-refractivity contribution is 0.112. The van der Waals surface area contributed by atoms with Crippen molar-refractivity contribution in [2.24, 2.45) is 0 Å². The van der Waals surface area contributed by atoms with Crippen LogP contribution in [-0.4, -0.2) is 41.3 Å². The van der Waals surface area contributed by atoms with Gasteiger partial charge >= 0.3 is 0 Å². The molecule has 2 bridgehead atoms. The molecular formula is C18H28N2O. The van der Waals surface area contributed by atoms with Crippen molar-refractivity contribution in [2.75, 3.05) is 13.2 Å². The molecular weight excluding hydrogens is 260 g/mol. The van der Waals surface area contributed by atoms with Gasteiger partial charge in [0.25, 0.3) is 0 Å². The Morgan fingerprint density at radius 2 is 1.76 bits per heavy atom. The van der Waals surface area contributed by atoms with Gasteiger partial charge in [-0.3, -0.25) is 4.90 Å². The van der Waals surface area contributed by atoms with Gasteiger partial charge in [-0.1, -0.05) is 30.3 Å². The molecule has 0 spiro atoms. The maximum absolute atomic E-state index is 8.93. The van der Waals surface area contributed by atoms with E-state index < -0.39 is 0 Å². The molecule has 1 aromatic carbocycles. The van der Waals surface area contributed by atoms with E-state index in [0.717, 1.165) is 31.5 Å². The Morgan fingerprint density at radius 1 is 1.05 bits per heavy atom. The predicted molar refractivity (Wildman–Crippen MR) is 86.1 cm³/mol. The molecule has 2 heterocycles. The Bertz CT molecular complexity index is 408. The molecule has 0 radical (unpaired) electrons. The van der Waals surface area contributed by atoms with E-state index in [-0.39, 0.29) is 0 Å². The molecule has 2 saturated heterocycles. The van der Waals surface area contributed by atoms with E-state index >= 15 is 0 Å². The zero-order chi connectivity index (χ0) is 14.5. The number of rotatable bonds is 7. The molecule has 0 saturated carbocycles. The summed E-state index contributed by atoms with van der Waals surface area (Å²) in [7, 11) is 0. The minimum atomic E-state index is 0.338. The second kappa shape index (κ2) is 7.39. The van der Waals surface area contributed by atoms with Crippen molar-refractivity contribution in [3.05, 3.63) is 35.9 Å². The van der Waals surface area contributed by atoms with Crippen LogP contribution in [0.1, 0.15) is 44.1 Å². The van der Waals surface area contributed by atoms with Crippen LogP contribution in [0.25, 0.3) is 0 Å². The largest absolute Gasteiger partial charge is 0.396 e. The Labute approximate surface area is 128 Å². The molecule has 2 atom stereocenters. The average Bonchev–Trinajstić information content (AvgIpc) is 2.76. The smallest absolute Gasteiger partial charge is 0.0431 e. The second-order valence-corrected chi connectivity index (χ2v) is 6.59. The molecule has 21 heavy (non-hydrogen) atoms. The van der Waals surface area contributed by atoms with Gasteiger partial charge in [0.15, 0.2) is 0 Å². The van der Waals surface area contributed by atoms with Crippen LogP contribution in [0.2, 0.25) is 0 Å². The summed E-state index contributed by atoms with van der Waals surface area (Å²) < 4.78 is 0. The van der Waals surface area contributed by atoms with Gasteiger partial charge in [0, 0.05) is 31.3 Å². The zero-order valence-corrected chi connectivity index (χ0v) is 12.9. The number of aliphatic hydroxyl groups is 1. The molecule has 1 aromatic rings. The van der Waals surface area contributed by atoms with E-state index in [4.69, 9.17) is 5.11 Å². The van der Waals surface area contributed by atoms with Crippen LogP contribution in [0.15, 0.2) is 30.3 Å². The molecule has 0 aromatic heterocycles. The van der Waals surface area contributed by atoms with Gasteiger partial charge in [-0.2, -0.15) is 0 Å². The van der Waals surface area contributed by atoms with Gasteiger partial charge < -0.3 is 10.4 Å². The minimum absolute atomic E-state index is 0.338. The van der Waals surface area contributed by atoms with E-state index in [9.17, 15) is 0 Å². The minimum Gasteiger partial charge on any atom is -0.396 e. The molecule has 3 rings (SSSR count). The number of nitrogens with one attached hydrogen (secondary N) is 1. The molecule has 2 aliphatic heterocycles. The maximum atomic E-state index is 8.93. The van der Waals surface area contributed by atoms with Crippen LogP contribution in [0.5, 0.6) is 0 Å². The molecule has 2 aliphatic rings. The highest BCUT2D eigenvalue weighted by molar-refractivity contribution is 5.14. The van der Waals surface area contributed by atoms with Crippen LogP contribution in [0.4, 0.5) is 0 Å². The Morgan fingerprint density at radius 3 is 2.43 bits per heavy atom. The summed E-state index contributed by atoms with van der Waals surface area (Å²) >= 11 is 0. The fraction of sp³-hybridized carbons (Fsp3) is 0.667. The van der Waals surface area contributed by atoms with Crippen molar-refractivity contribution in [1.29, 1.82) is 0 Å². The van der Waals surface area contributed by atoms with Crippen molar-refractivity contribution < 1.29 is 5.11 Å². The summed E-state index contributed by atoms with van der Waals surface area (Å²) in [5.74, 6) is 0. The first-order valence-electron chi connectivity index (χ1n) is 8.50. The normalized spacial score (nSPS) is 28.9. The fourth-order valence-corrected chi connectivity index (χ4v) is 4.07. The first-order chi connectivity index (χ1) is 10.4. The van der Waals surface area contributed by atoms with E-state index in [0.29, 0.717) is 12.6 Å². The molecule has 2 unspecified atom stereocenters. The quantitative estimate of drug-likeness (QED) is 0.757. The number of hydrogen-bond donors (Lipinski definition) is 2. The third-order valence-corrected chi connectivity index (χ3v) is 5.15. The number of benzene rings is 1. The molecule has 3 nitrogen and oxygen atoms in total. The lowest BCUT2D eigenvalue weighted by Gasteiger charge is -2.39. The van der Waals surface area contributed by atoms with Crippen LogP contribution in [0, 0.1) is 0 Å². The molecule has 116 valence electrons. The summed E-state index contributed by atoms with van der Waals surface area (Å²) in [5, 5.41) is 12.7. The number of piperidine rings is 1. The van der Waals surface area contributed by atoms with E-state index in [1.807, 2.05) is 0 Å². The van der Waals surface area contributed by atoms with Crippen molar-refractivity contribution in [1.82, 2.24) is 10.2 Å². The summed E-state index contributed by atoms with van der Waals surface area (Å²) in [6, 6.07) is 12.9. The summed E-state index contributed by atoms with van der Waals surface area (Å²) in [6.45, 7) is 2.52.